The van der Waals surface area contributed by atoms with Crippen LogP contribution in [0.3, 0.4) is 0 Å². The molecule has 18 heavy (non-hydrogen) atoms. The van der Waals surface area contributed by atoms with Gasteiger partial charge in [0.05, 0.1) is 0 Å². The van der Waals surface area contributed by atoms with Gasteiger partial charge in [-0.3, -0.25) is 4.90 Å². The van der Waals surface area contributed by atoms with Crippen molar-refractivity contribution in [2.75, 3.05) is 19.6 Å². The van der Waals surface area contributed by atoms with Crippen LogP contribution in [-0.4, -0.2) is 36.6 Å². The van der Waals surface area contributed by atoms with Crippen LogP contribution in [0, 0.1) is 11.8 Å². The molecule has 1 N–H and O–H groups in total. The highest BCUT2D eigenvalue weighted by molar-refractivity contribution is 4.90. The second-order valence-electron chi connectivity index (χ2n) is 6.95. The maximum absolute atomic E-state index is 3.88. The summed E-state index contributed by atoms with van der Waals surface area (Å²) in [5.41, 5.74) is 0. The zero-order valence-corrected chi connectivity index (χ0v) is 12.0. The van der Waals surface area contributed by atoms with Crippen LogP contribution >= 0.6 is 0 Å². The average Bonchev–Trinajstić information content (AvgIpc) is 2.24. The van der Waals surface area contributed by atoms with E-state index in [1.165, 1.54) is 71.0 Å². The van der Waals surface area contributed by atoms with E-state index >= 15 is 0 Å². The molecular weight excluding hydrogens is 220 g/mol. The van der Waals surface area contributed by atoms with Gasteiger partial charge in [-0.2, -0.15) is 0 Å². The summed E-state index contributed by atoms with van der Waals surface area (Å²) in [6, 6.07) is 1.72. The van der Waals surface area contributed by atoms with Gasteiger partial charge in [0.2, 0.25) is 0 Å². The van der Waals surface area contributed by atoms with Gasteiger partial charge in [-0.1, -0.05) is 26.2 Å². The van der Waals surface area contributed by atoms with Crippen LogP contribution in [0.1, 0.15) is 58.3 Å². The number of piperidine rings is 1. The number of nitrogens with one attached hydrogen (secondary N) is 1. The fraction of sp³-hybridized carbons (Fsp3) is 1.00. The standard InChI is InChI=1S/C16H30N2/c1-2-13-9-15(17-10-14-5-3-6-14)12-18(11-13)16-7-4-8-16/h13-17H,2-12H2,1H3. The van der Waals surface area contributed by atoms with Gasteiger partial charge in [0.15, 0.2) is 0 Å². The fourth-order valence-corrected chi connectivity index (χ4v) is 3.76. The molecule has 0 aromatic rings. The van der Waals surface area contributed by atoms with Crippen LogP contribution in [0.5, 0.6) is 0 Å². The molecule has 2 unspecified atom stereocenters. The summed E-state index contributed by atoms with van der Waals surface area (Å²) in [6.45, 7) is 6.37. The van der Waals surface area contributed by atoms with E-state index in [-0.39, 0.29) is 0 Å². The lowest BCUT2D eigenvalue weighted by Crippen LogP contribution is -2.54. The molecule has 3 aliphatic rings. The molecule has 0 amide bonds. The molecule has 2 saturated carbocycles. The molecule has 2 nitrogen and oxygen atoms in total. The van der Waals surface area contributed by atoms with Crippen molar-refractivity contribution in [3.63, 3.8) is 0 Å². The molecule has 2 atom stereocenters. The molecule has 2 aliphatic carbocycles. The van der Waals surface area contributed by atoms with Crippen LogP contribution in [0.2, 0.25) is 0 Å². The van der Waals surface area contributed by atoms with E-state index in [2.05, 4.69) is 17.1 Å². The van der Waals surface area contributed by atoms with Gasteiger partial charge in [0.1, 0.15) is 0 Å². The smallest absolute Gasteiger partial charge is 0.0198 e. The highest BCUT2D eigenvalue weighted by atomic mass is 15.2. The van der Waals surface area contributed by atoms with Crippen molar-refractivity contribution < 1.29 is 0 Å². The molecule has 1 heterocycles. The molecule has 104 valence electrons. The topological polar surface area (TPSA) is 15.3 Å². The van der Waals surface area contributed by atoms with Gasteiger partial charge < -0.3 is 5.32 Å². The Hall–Kier alpha value is -0.0800. The quantitative estimate of drug-likeness (QED) is 0.807. The Bertz CT molecular complexity index is 258. The molecule has 0 radical (unpaired) electrons. The third-order valence-corrected chi connectivity index (χ3v) is 5.65. The van der Waals surface area contributed by atoms with Crippen molar-refractivity contribution in [3.05, 3.63) is 0 Å². The van der Waals surface area contributed by atoms with Crippen LogP contribution in [0.25, 0.3) is 0 Å². The van der Waals surface area contributed by atoms with Gasteiger partial charge in [0, 0.05) is 25.2 Å². The van der Waals surface area contributed by atoms with E-state index in [0.29, 0.717) is 0 Å². The SMILES string of the molecule is CCC1CC(NCC2CCC2)CN(C2CCC2)C1. The van der Waals surface area contributed by atoms with Crippen LogP contribution in [-0.2, 0) is 0 Å². The van der Waals surface area contributed by atoms with E-state index in [0.717, 1.165) is 23.9 Å². The molecule has 0 spiro atoms. The zero-order valence-electron chi connectivity index (χ0n) is 12.0. The lowest BCUT2D eigenvalue weighted by atomic mass is 9.83. The molecule has 0 aromatic heterocycles. The Morgan fingerprint density at radius 2 is 1.78 bits per heavy atom. The summed E-state index contributed by atoms with van der Waals surface area (Å²) in [6.07, 6.45) is 11.6. The second-order valence-corrected chi connectivity index (χ2v) is 6.95. The van der Waals surface area contributed by atoms with Crippen LogP contribution < -0.4 is 5.32 Å². The van der Waals surface area contributed by atoms with Crippen molar-refractivity contribution in [1.82, 2.24) is 10.2 Å². The highest BCUT2D eigenvalue weighted by Gasteiger charge is 2.33. The summed E-state index contributed by atoms with van der Waals surface area (Å²) >= 11 is 0. The number of likely N-dealkylation sites (tertiary alicyclic amines) is 1. The van der Waals surface area contributed by atoms with Gasteiger partial charge >= 0.3 is 0 Å². The Labute approximate surface area is 113 Å². The summed E-state index contributed by atoms with van der Waals surface area (Å²) in [4.78, 5) is 2.81. The fourth-order valence-electron chi connectivity index (χ4n) is 3.76. The Morgan fingerprint density at radius 1 is 1.00 bits per heavy atom. The summed E-state index contributed by atoms with van der Waals surface area (Å²) in [7, 11) is 0. The minimum absolute atomic E-state index is 0.782. The van der Waals surface area contributed by atoms with E-state index in [9.17, 15) is 0 Å². The number of nitrogens with zero attached hydrogens (tertiary/aromatic N) is 1. The van der Waals surface area contributed by atoms with Crippen LogP contribution in [0.15, 0.2) is 0 Å². The lowest BCUT2D eigenvalue weighted by Gasteiger charge is -2.45. The normalized spacial score (nSPS) is 35.2. The molecule has 3 fully saturated rings. The molecule has 0 bridgehead atoms. The van der Waals surface area contributed by atoms with Crippen LogP contribution in [0.4, 0.5) is 0 Å². The van der Waals surface area contributed by atoms with Gasteiger partial charge in [0.25, 0.3) is 0 Å². The maximum atomic E-state index is 3.88. The van der Waals surface area contributed by atoms with Crippen molar-refractivity contribution in [3.8, 4) is 0 Å². The van der Waals surface area contributed by atoms with E-state index < -0.39 is 0 Å². The van der Waals surface area contributed by atoms with E-state index in [1.54, 1.807) is 0 Å². The first-order valence-corrected chi connectivity index (χ1v) is 8.32. The predicted molar refractivity (Wildman–Crippen MR) is 76.7 cm³/mol. The molecule has 1 aliphatic heterocycles. The Morgan fingerprint density at radius 3 is 2.33 bits per heavy atom. The van der Waals surface area contributed by atoms with Gasteiger partial charge in [-0.05, 0) is 50.5 Å². The maximum Gasteiger partial charge on any atom is 0.0198 e. The summed E-state index contributed by atoms with van der Waals surface area (Å²) in [5, 5.41) is 3.88. The minimum Gasteiger partial charge on any atom is -0.312 e. The number of rotatable bonds is 5. The van der Waals surface area contributed by atoms with Gasteiger partial charge in [-0.25, -0.2) is 0 Å². The van der Waals surface area contributed by atoms with Crippen molar-refractivity contribution in [1.29, 1.82) is 0 Å². The number of hydrogen-bond donors (Lipinski definition) is 1. The monoisotopic (exact) mass is 250 g/mol. The Balaban J connectivity index is 1.48. The van der Waals surface area contributed by atoms with Gasteiger partial charge in [-0.15, -0.1) is 0 Å². The first-order valence-electron chi connectivity index (χ1n) is 8.32. The largest absolute Gasteiger partial charge is 0.312 e. The summed E-state index contributed by atoms with van der Waals surface area (Å²) in [5.74, 6) is 1.95. The third kappa shape index (κ3) is 2.91. The van der Waals surface area contributed by atoms with Crippen molar-refractivity contribution in [2.45, 2.75) is 70.4 Å². The minimum atomic E-state index is 0.782. The molecular formula is C16H30N2. The third-order valence-electron chi connectivity index (χ3n) is 5.65. The zero-order chi connectivity index (χ0) is 12.4. The van der Waals surface area contributed by atoms with Crippen molar-refractivity contribution >= 4 is 0 Å². The van der Waals surface area contributed by atoms with Crippen molar-refractivity contribution in [2.24, 2.45) is 11.8 Å². The summed E-state index contributed by atoms with van der Waals surface area (Å²) < 4.78 is 0. The average molecular weight is 250 g/mol. The second kappa shape index (κ2) is 5.92. The number of hydrogen-bond acceptors (Lipinski definition) is 2. The van der Waals surface area contributed by atoms with E-state index in [4.69, 9.17) is 0 Å². The predicted octanol–water partition coefficient (Wildman–Crippen LogP) is 3.03. The van der Waals surface area contributed by atoms with E-state index in [1.807, 2.05) is 0 Å². The molecule has 1 saturated heterocycles. The molecule has 0 aromatic carbocycles. The first kappa shape index (κ1) is 12.9. The Kier molecular flexibility index (Phi) is 4.25. The molecule has 2 heteroatoms. The molecule has 3 rings (SSSR count). The first-order chi connectivity index (χ1) is 8.85. The lowest BCUT2D eigenvalue weighted by molar-refractivity contribution is 0.0555. The highest BCUT2D eigenvalue weighted by Crippen LogP contribution is 2.31.